The van der Waals surface area contributed by atoms with Gasteiger partial charge in [-0.25, -0.2) is 4.57 Å². The van der Waals surface area contributed by atoms with Crippen LogP contribution in [0.4, 0.5) is 0 Å². The number of hydrogen-bond donors (Lipinski definition) is 2. The molecule has 1 aliphatic carbocycles. The highest BCUT2D eigenvalue weighted by molar-refractivity contribution is 7.80. The van der Waals surface area contributed by atoms with E-state index in [1.54, 1.807) is 0 Å². The van der Waals surface area contributed by atoms with Crippen molar-refractivity contribution in [2.24, 2.45) is 16.8 Å². The summed E-state index contributed by atoms with van der Waals surface area (Å²) in [7, 11) is -4.53. The first-order valence-corrected chi connectivity index (χ1v) is 24.6. The standard InChI is InChI=1S/C43H82NO9PS/c1-3-5-7-9-11-12-13-14-15-16-17-21-25-29-42(46)50-36-40(37-52-54(48,49)51-33-32-44-41(45)31-34-55)53-43(47)30-26-22-18-20-24-28-39-35-38(39)27-23-19-10-8-6-4-2/h38-40,55H,3-37H2,1-2H3,(H,44,45)(H,48,49)/p-1/t38-,39-,40-/m1/s1. The van der Waals surface area contributed by atoms with Gasteiger partial charge >= 0.3 is 19.8 Å². The fourth-order valence-corrected chi connectivity index (χ4v) is 7.97. The van der Waals surface area contributed by atoms with E-state index in [-0.39, 0.29) is 44.9 Å². The highest BCUT2D eigenvalue weighted by Crippen LogP contribution is 2.46. The van der Waals surface area contributed by atoms with Gasteiger partial charge in [-0.15, -0.1) is 0 Å². The highest BCUT2D eigenvalue weighted by atomic mass is 32.1. The molecule has 0 saturated heterocycles. The summed E-state index contributed by atoms with van der Waals surface area (Å²) in [5, 5.41) is 11.5. The van der Waals surface area contributed by atoms with Gasteiger partial charge < -0.3 is 24.5 Å². The lowest BCUT2D eigenvalue weighted by atomic mass is 10.0. The average Bonchev–Trinajstić information content (AvgIpc) is 3.92. The lowest BCUT2D eigenvalue weighted by molar-refractivity contribution is -0.218. The minimum Gasteiger partial charge on any atom is -0.862 e. The Bertz CT molecular complexity index is 1020. The summed E-state index contributed by atoms with van der Waals surface area (Å²) in [6.07, 6.45) is 32.8. The number of carbonyl (C=O) groups excluding carboxylic acids is 2. The molecule has 1 rings (SSSR count). The number of esters is 2. The number of rotatable bonds is 41. The van der Waals surface area contributed by atoms with Crippen molar-refractivity contribution in [3.05, 3.63) is 0 Å². The number of phosphoric acid groups is 1. The minimum atomic E-state index is -4.53. The zero-order valence-electron chi connectivity index (χ0n) is 35.0. The first kappa shape index (κ1) is 51.9. The van der Waals surface area contributed by atoms with Crippen molar-refractivity contribution in [1.82, 2.24) is 0 Å². The van der Waals surface area contributed by atoms with E-state index in [1.165, 1.54) is 135 Å². The molecule has 1 aliphatic rings. The largest absolute Gasteiger partial charge is 0.862 e. The molecule has 0 bridgehead atoms. The molecular formula is C43H81NO9PS-. The summed E-state index contributed by atoms with van der Waals surface area (Å²) in [5.41, 5.74) is 0. The maximum atomic E-state index is 12.7. The van der Waals surface area contributed by atoms with Gasteiger partial charge in [-0.3, -0.25) is 18.6 Å². The van der Waals surface area contributed by atoms with Gasteiger partial charge in [-0.1, -0.05) is 168 Å². The second-order valence-electron chi connectivity index (χ2n) is 15.8. The molecule has 0 heterocycles. The van der Waals surface area contributed by atoms with E-state index >= 15 is 0 Å². The zero-order valence-corrected chi connectivity index (χ0v) is 36.8. The zero-order chi connectivity index (χ0) is 40.2. The maximum Gasteiger partial charge on any atom is 0.472 e. The van der Waals surface area contributed by atoms with Crippen molar-refractivity contribution in [3.8, 4) is 0 Å². The third-order valence-electron chi connectivity index (χ3n) is 10.5. The topological polar surface area (TPSA) is 144 Å². The van der Waals surface area contributed by atoms with Gasteiger partial charge in [-0.2, -0.15) is 12.6 Å². The van der Waals surface area contributed by atoms with Crippen LogP contribution in [0.15, 0.2) is 4.99 Å². The van der Waals surface area contributed by atoms with Crippen LogP contribution in [0.25, 0.3) is 0 Å². The quantitative estimate of drug-likeness (QED) is 0.0154. The van der Waals surface area contributed by atoms with Gasteiger partial charge in [0.1, 0.15) is 6.61 Å². The van der Waals surface area contributed by atoms with E-state index in [4.69, 9.17) is 18.5 Å². The molecule has 10 nitrogen and oxygen atoms in total. The Morgan fingerprint density at radius 3 is 1.62 bits per heavy atom. The van der Waals surface area contributed by atoms with E-state index in [2.05, 4.69) is 31.5 Å². The summed E-state index contributed by atoms with van der Waals surface area (Å²) in [6.45, 7) is 3.34. The summed E-state index contributed by atoms with van der Waals surface area (Å²) < 4.78 is 33.4. The number of nitrogens with zero attached hydrogens (tertiary/aromatic N) is 1. The molecule has 0 aromatic rings. The van der Waals surface area contributed by atoms with Gasteiger partial charge in [-0.05, 0) is 49.2 Å². The molecule has 0 spiro atoms. The number of unbranched alkanes of at least 4 members (excludes halogenated alkanes) is 21. The van der Waals surface area contributed by atoms with E-state index in [1.807, 2.05) is 0 Å². The molecule has 55 heavy (non-hydrogen) atoms. The van der Waals surface area contributed by atoms with Crippen LogP contribution in [0.1, 0.15) is 206 Å². The van der Waals surface area contributed by atoms with Crippen LogP contribution >= 0.6 is 20.5 Å². The van der Waals surface area contributed by atoms with E-state index < -0.39 is 32.5 Å². The van der Waals surface area contributed by atoms with E-state index in [0.717, 1.165) is 43.9 Å². The van der Waals surface area contributed by atoms with E-state index in [0.29, 0.717) is 12.2 Å². The number of ether oxygens (including phenoxy) is 2. The second kappa shape index (κ2) is 36.0. The molecule has 0 aliphatic heterocycles. The molecule has 12 heteroatoms. The molecule has 0 aromatic heterocycles. The van der Waals surface area contributed by atoms with Gasteiger partial charge in [0, 0.05) is 12.8 Å². The maximum absolute atomic E-state index is 12.7. The Labute approximate surface area is 341 Å². The summed E-state index contributed by atoms with van der Waals surface area (Å²) in [6, 6.07) is 0. The minimum absolute atomic E-state index is 0.101. The predicted octanol–water partition coefficient (Wildman–Crippen LogP) is 11.3. The molecule has 4 atom stereocenters. The smallest absolute Gasteiger partial charge is 0.472 e. The molecule has 0 amide bonds. The van der Waals surface area contributed by atoms with E-state index in [9.17, 15) is 24.2 Å². The number of carbonyl (C=O) groups is 2. The number of aliphatic imine (C=N–C) groups is 1. The van der Waals surface area contributed by atoms with Crippen molar-refractivity contribution < 1.29 is 42.7 Å². The Morgan fingerprint density at radius 1 is 0.673 bits per heavy atom. The van der Waals surface area contributed by atoms with Crippen molar-refractivity contribution in [2.45, 2.75) is 213 Å². The van der Waals surface area contributed by atoms with Crippen LogP contribution in [-0.2, 0) is 32.7 Å². The average molecular weight is 819 g/mol. The number of phosphoric ester groups is 1. The second-order valence-corrected chi connectivity index (χ2v) is 17.7. The van der Waals surface area contributed by atoms with Gasteiger partial charge in [0.05, 0.1) is 19.8 Å². The summed E-state index contributed by atoms with van der Waals surface area (Å²) in [5.74, 6) is 0.999. The Kier molecular flexibility index (Phi) is 34.0. The monoisotopic (exact) mass is 819 g/mol. The SMILES string of the molecule is CCCCCCCCCCCCCCCC(=O)OC[C@H](COP(=O)(O)OCCN=C([O-])CCS)OC(=O)CCCCCCC[C@@H]1C[C@H]1CCCCCCCC. The number of hydrogen-bond acceptors (Lipinski definition) is 10. The lowest BCUT2D eigenvalue weighted by Crippen LogP contribution is -2.29. The van der Waals surface area contributed by atoms with Crippen molar-refractivity contribution in [1.29, 1.82) is 0 Å². The van der Waals surface area contributed by atoms with Crippen molar-refractivity contribution in [3.63, 3.8) is 0 Å². The van der Waals surface area contributed by atoms with Crippen molar-refractivity contribution in [2.75, 3.05) is 32.1 Å². The fraction of sp³-hybridized carbons (Fsp3) is 0.930. The lowest BCUT2D eigenvalue weighted by Gasteiger charge is -2.20. The molecule has 0 radical (unpaired) electrons. The molecule has 1 unspecified atom stereocenters. The molecule has 1 saturated carbocycles. The molecule has 1 fully saturated rings. The van der Waals surface area contributed by atoms with Crippen LogP contribution in [-0.4, -0.2) is 61.0 Å². The van der Waals surface area contributed by atoms with Crippen LogP contribution < -0.4 is 5.11 Å². The summed E-state index contributed by atoms with van der Waals surface area (Å²) in [4.78, 5) is 39.0. The van der Waals surface area contributed by atoms with Gasteiger partial charge in [0.15, 0.2) is 6.10 Å². The van der Waals surface area contributed by atoms with Crippen LogP contribution in [0.5, 0.6) is 0 Å². The number of thiol groups is 1. The first-order valence-electron chi connectivity index (χ1n) is 22.5. The fourth-order valence-electron chi connectivity index (χ4n) is 7.03. The normalized spacial score (nSPS) is 17.2. The predicted molar refractivity (Wildman–Crippen MR) is 226 cm³/mol. The highest BCUT2D eigenvalue weighted by Gasteiger charge is 2.35. The van der Waals surface area contributed by atoms with Crippen LogP contribution in [0, 0.1) is 11.8 Å². The third kappa shape index (κ3) is 33.5. The first-order chi connectivity index (χ1) is 26.7. The van der Waals surface area contributed by atoms with Gasteiger partial charge in [0.25, 0.3) is 0 Å². The Morgan fingerprint density at radius 2 is 1.13 bits per heavy atom. The molecule has 1 N–H and O–H groups in total. The van der Waals surface area contributed by atoms with Gasteiger partial charge in [0.2, 0.25) is 0 Å². The van der Waals surface area contributed by atoms with Crippen LogP contribution in [0.3, 0.4) is 0 Å². The van der Waals surface area contributed by atoms with Crippen molar-refractivity contribution >= 4 is 38.3 Å². The Balaban J connectivity index is 2.32. The molecule has 324 valence electrons. The molecule has 0 aromatic carbocycles. The van der Waals surface area contributed by atoms with Crippen LogP contribution in [0.2, 0.25) is 0 Å². The molecular weight excluding hydrogens is 738 g/mol. The Hall–Kier alpha value is -1.13. The summed E-state index contributed by atoms with van der Waals surface area (Å²) >= 11 is 3.98. The third-order valence-corrected chi connectivity index (χ3v) is 11.8.